The van der Waals surface area contributed by atoms with Crippen molar-refractivity contribution in [2.24, 2.45) is 4.99 Å². The maximum Gasteiger partial charge on any atom is 0.416 e. The van der Waals surface area contributed by atoms with Crippen molar-refractivity contribution < 1.29 is 22.7 Å². The Morgan fingerprint density at radius 3 is 2.48 bits per heavy atom. The van der Waals surface area contributed by atoms with Gasteiger partial charge in [0.15, 0.2) is 5.17 Å². The number of thioether (sulfide) groups is 1. The van der Waals surface area contributed by atoms with Crippen LogP contribution in [0.3, 0.4) is 0 Å². The second-order valence-corrected chi connectivity index (χ2v) is 8.75. The van der Waals surface area contributed by atoms with Gasteiger partial charge in [0.25, 0.3) is 5.91 Å². The predicted molar refractivity (Wildman–Crippen MR) is 128 cm³/mol. The number of hydrogen-bond acceptors (Lipinski definition) is 4. The molecule has 2 aromatic carbocycles. The number of halogens is 3. The van der Waals surface area contributed by atoms with Crippen LogP contribution in [-0.4, -0.2) is 17.7 Å². The molecule has 1 amide bonds. The number of nitrogens with one attached hydrogen (secondary N) is 1. The topological polar surface area (TPSA) is 50.7 Å². The van der Waals surface area contributed by atoms with Crippen LogP contribution in [0.15, 0.2) is 58.4 Å². The summed E-state index contributed by atoms with van der Waals surface area (Å²) in [5.74, 6) is 0.440. The van der Waals surface area contributed by atoms with Gasteiger partial charge in [0.1, 0.15) is 5.75 Å². The molecule has 0 atom stereocenters. The summed E-state index contributed by atoms with van der Waals surface area (Å²) in [5.41, 5.74) is 0.161. The van der Waals surface area contributed by atoms with Crippen LogP contribution in [0.1, 0.15) is 56.6 Å². The first-order valence-electron chi connectivity index (χ1n) is 11.0. The highest BCUT2D eigenvalue weighted by Gasteiger charge is 2.30. The van der Waals surface area contributed by atoms with Crippen molar-refractivity contribution in [2.45, 2.75) is 51.6 Å². The fraction of sp³-hybridized carbons (Fsp3) is 0.360. The van der Waals surface area contributed by atoms with Gasteiger partial charge in [0.2, 0.25) is 0 Å². The second kappa shape index (κ2) is 11.9. The van der Waals surface area contributed by atoms with E-state index >= 15 is 0 Å². The maximum atomic E-state index is 12.9. The summed E-state index contributed by atoms with van der Waals surface area (Å²) in [7, 11) is 0. The van der Waals surface area contributed by atoms with E-state index < -0.39 is 11.7 Å². The molecule has 1 fully saturated rings. The van der Waals surface area contributed by atoms with Crippen molar-refractivity contribution in [1.82, 2.24) is 5.32 Å². The van der Waals surface area contributed by atoms with Gasteiger partial charge in [-0.3, -0.25) is 4.79 Å². The molecule has 1 aliphatic rings. The Labute approximate surface area is 196 Å². The van der Waals surface area contributed by atoms with E-state index in [2.05, 4.69) is 17.2 Å². The number of unbranched alkanes of at least 4 members (excludes halogenated alkanes) is 5. The van der Waals surface area contributed by atoms with Crippen molar-refractivity contribution in [2.75, 3.05) is 6.61 Å². The lowest BCUT2D eigenvalue weighted by Gasteiger charge is -2.06. The fourth-order valence-electron chi connectivity index (χ4n) is 3.23. The van der Waals surface area contributed by atoms with Crippen LogP contribution in [0.2, 0.25) is 0 Å². The van der Waals surface area contributed by atoms with E-state index in [9.17, 15) is 18.0 Å². The highest BCUT2D eigenvalue weighted by molar-refractivity contribution is 8.18. The van der Waals surface area contributed by atoms with Crippen LogP contribution in [0, 0.1) is 0 Å². The molecule has 1 N–H and O–H groups in total. The Morgan fingerprint density at radius 2 is 1.76 bits per heavy atom. The molecule has 2 aromatic rings. The predicted octanol–water partition coefficient (Wildman–Crippen LogP) is 7.34. The summed E-state index contributed by atoms with van der Waals surface area (Å²) in [5, 5.41) is 2.83. The van der Waals surface area contributed by atoms with E-state index in [1.807, 2.05) is 24.3 Å². The largest absolute Gasteiger partial charge is 0.494 e. The summed E-state index contributed by atoms with van der Waals surface area (Å²) < 4.78 is 44.4. The van der Waals surface area contributed by atoms with Crippen molar-refractivity contribution >= 4 is 34.6 Å². The lowest BCUT2D eigenvalue weighted by Crippen LogP contribution is -2.19. The summed E-state index contributed by atoms with van der Waals surface area (Å²) >= 11 is 1.09. The van der Waals surface area contributed by atoms with Crippen molar-refractivity contribution in [3.05, 3.63) is 64.6 Å². The highest BCUT2D eigenvalue weighted by atomic mass is 32.2. The zero-order valence-electron chi connectivity index (χ0n) is 18.5. The van der Waals surface area contributed by atoms with E-state index in [0.29, 0.717) is 11.5 Å². The minimum Gasteiger partial charge on any atom is -0.494 e. The zero-order chi connectivity index (χ0) is 23.7. The third-order valence-corrected chi connectivity index (χ3v) is 5.91. The van der Waals surface area contributed by atoms with Gasteiger partial charge in [0, 0.05) is 0 Å². The quantitative estimate of drug-likeness (QED) is 0.288. The lowest BCUT2D eigenvalue weighted by molar-refractivity contribution is -0.137. The van der Waals surface area contributed by atoms with E-state index in [0.717, 1.165) is 41.6 Å². The average molecular weight is 477 g/mol. The summed E-state index contributed by atoms with van der Waals surface area (Å²) in [6, 6.07) is 12.1. The Kier molecular flexibility index (Phi) is 9.00. The van der Waals surface area contributed by atoms with Crippen LogP contribution in [-0.2, 0) is 11.0 Å². The SMILES string of the molecule is CCCCCCCCOc1ccc(C=C2SC(=Nc3cccc(C(F)(F)F)c3)NC2=O)cc1. The zero-order valence-corrected chi connectivity index (χ0v) is 19.3. The first-order chi connectivity index (χ1) is 15.8. The maximum absolute atomic E-state index is 12.9. The molecule has 0 unspecified atom stereocenters. The molecule has 0 aliphatic carbocycles. The molecule has 0 saturated carbocycles. The summed E-state index contributed by atoms with van der Waals surface area (Å²) in [4.78, 5) is 16.8. The van der Waals surface area contributed by atoms with E-state index in [1.165, 1.54) is 44.2 Å². The average Bonchev–Trinajstić information content (AvgIpc) is 3.12. The van der Waals surface area contributed by atoms with Crippen LogP contribution >= 0.6 is 11.8 Å². The van der Waals surface area contributed by atoms with E-state index in [1.54, 1.807) is 6.08 Å². The van der Waals surface area contributed by atoms with Gasteiger partial charge in [-0.25, -0.2) is 4.99 Å². The minimum atomic E-state index is -4.45. The molecule has 8 heteroatoms. The fourth-order valence-corrected chi connectivity index (χ4v) is 4.08. The number of hydrogen-bond donors (Lipinski definition) is 1. The van der Waals surface area contributed by atoms with Crippen LogP contribution < -0.4 is 10.1 Å². The number of aliphatic imine (C=N–C) groups is 1. The van der Waals surface area contributed by atoms with Gasteiger partial charge in [-0.2, -0.15) is 13.2 Å². The first kappa shape index (κ1) is 24.9. The summed E-state index contributed by atoms with van der Waals surface area (Å²) in [6.45, 7) is 2.88. The van der Waals surface area contributed by atoms with Gasteiger partial charge < -0.3 is 10.1 Å². The smallest absolute Gasteiger partial charge is 0.416 e. The standard InChI is InChI=1S/C25H27F3N2O2S/c1-2-3-4-5-6-7-15-32-21-13-11-18(12-14-21)16-22-23(31)30-24(33-22)29-20-10-8-9-19(17-20)25(26,27)28/h8-14,16-17H,2-7,15H2,1H3,(H,29,30,31). The van der Waals surface area contributed by atoms with Gasteiger partial charge >= 0.3 is 6.18 Å². The Morgan fingerprint density at radius 1 is 1.03 bits per heavy atom. The van der Waals surface area contributed by atoms with Crippen LogP contribution in [0.25, 0.3) is 6.08 Å². The number of carbonyl (C=O) groups is 1. The highest BCUT2D eigenvalue weighted by Crippen LogP contribution is 2.33. The normalized spacial score (nSPS) is 16.4. The number of nitrogens with zero attached hydrogens (tertiary/aromatic N) is 1. The first-order valence-corrected chi connectivity index (χ1v) is 11.9. The molecule has 0 bridgehead atoms. The number of amidine groups is 1. The molecular weight excluding hydrogens is 449 g/mol. The minimum absolute atomic E-state index is 0.126. The molecule has 1 saturated heterocycles. The molecule has 0 radical (unpaired) electrons. The lowest BCUT2D eigenvalue weighted by atomic mass is 10.1. The number of ether oxygens (including phenoxy) is 1. The molecule has 1 heterocycles. The molecule has 0 aromatic heterocycles. The monoisotopic (exact) mass is 476 g/mol. The van der Waals surface area contributed by atoms with E-state index in [4.69, 9.17) is 4.74 Å². The van der Waals surface area contributed by atoms with Gasteiger partial charge in [0.05, 0.1) is 22.8 Å². The Hall–Kier alpha value is -2.74. The van der Waals surface area contributed by atoms with Crippen molar-refractivity contribution in [3.63, 3.8) is 0 Å². The number of carbonyl (C=O) groups excluding carboxylic acids is 1. The summed E-state index contributed by atoms with van der Waals surface area (Å²) in [6.07, 6.45) is 4.50. The molecule has 0 spiro atoms. The number of alkyl halides is 3. The molecule has 33 heavy (non-hydrogen) atoms. The number of amides is 1. The third kappa shape index (κ3) is 7.96. The molecule has 3 rings (SSSR count). The Bertz CT molecular complexity index is 1000. The number of rotatable bonds is 10. The molecule has 1 aliphatic heterocycles. The van der Waals surface area contributed by atoms with E-state index in [-0.39, 0.29) is 16.8 Å². The van der Waals surface area contributed by atoms with Gasteiger partial charge in [-0.15, -0.1) is 0 Å². The van der Waals surface area contributed by atoms with Crippen LogP contribution in [0.4, 0.5) is 18.9 Å². The Balaban J connectivity index is 1.55. The molecule has 4 nitrogen and oxygen atoms in total. The van der Waals surface area contributed by atoms with Crippen molar-refractivity contribution in [1.29, 1.82) is 0 Å². The number of benzene rings is 2. The molecule has 176 valence electrons. The molecular formula is C25H27F3N2O2S. The van der Waals surface area contributed by atoms with Gasteiger partial charge in [-0.05, 0) is 60.2 Å². The van der Waals surface area contributed by atoms with Crippen LogP contribution in [0.5, 0.6) is 5.75 Å². The van der Waals surface area contributed by atoms with Gasteiger partial charge in [-0.1, -0.05) is 57.2 Å². The second-order valence-electron chi connectivity index (χ2n) is 7.72. The third-order valence-electron chi connectivity index (χ3n) is 5.00. The van der Waals surface area contributed by atoms with Crippen molar-refractivity contribution in [3.8, 4) is 5.75 Å².